The number of aryl methyl sites for hydroxylation is 1. The number of rotatable bonds is 5. The van der Waals surface area contributed by atoms with E-state index in [9.17, 15) is 4.79 Å². The van der Waals surface area contributed by atoms with Crippen LogP contribution in [0.15, 0.2) is 42.6 Å². The number of hydrogen-bond donors (Lipinski definition) is 2. The molecule has 1 heterocycles. The van der Waals surface area contributed by atoms with Crippen LogP contribution in [0.3, 0.4) is 0 Å². The average molecular weight is 269 g/mol. The smallest absolute Gasteiger partial charge is 0.255 e. The van der Waals surface area contributed by atoms with E-state index >= 15 is 0 Å². The van der Waals surface area contributed by atoms with Crippen LogP contribution in [0.4, 0.5) is 5.69 Å². The number of hydrogen-bond acceptors (Lipinski definition) is 3. The van der Waals surface area contributed by atoms with Crippen molar-refractivity contribution in [3.05, 3.63) is 59.4 Å². The van der Waals surface area contributed by atoms with E-state index in [1.54, 1.807) is 18.3 Å². The van der Waals surface area contributed by atoms with Crippen LogP contribution in [-0.4, -0.2) is 10.9 Å². The van der Waals surface area contributed by atoms with Crippen LogP contribution in [0.25, 0.3) is 0 Å². The third-order valence-corrected chi connectivity index (χ3v) is 3.04. The molecule has 0 saturated heterocycles. The van der Waals surface area contributed by atoms with Crippen LogP contribution >= 0.6 is 0 Å². The molecule has 20 heavy (non-hydrogen) atoms. The largest absolute Gasteiger partial charge is 0.325 e. The van der Waals surface area contributed by atoms with Gasteiger partial charge in [-0.15, -0.1) is 0 Å². The molecule has 0 fully saturated rings. The van der Waals surface area contributed by atoms with E-state index in [0.29, 0.717) is 17.8 Å². The molecule has 0 aliphatic rings. The van der Waals surface area contributed by atoms with Gasteiger partial charge in [-0.05, 0) is 36.2 Å². The van der Waals surface area contributed by atoms with E-state index in [-0.39, 0.29) is 5.91 Å². The molecule has 0 unspecified atom stereocenters. The third kappa shape index (κ3) is 3.65. The van der Waals surface area contributed by atoms with Gasteiger partial charge < -0.3 is 11.1 Å². The SMILES string of the molecule is CCCc1ccc(NC(=O)c2ccnc(CN)c2)cc1. The minimum absolute atomic E-state index is 0.148. The topological polar surface area (TPSA) is 68.0 Å². The first-order valence-corrected chi connectivity index (χ1v) is 6.78. The summed E-state index contributed by atoms with van der Waals surface area (Å²) < 4.78 is 0. The Morgan fingerprint density at radius 1 is 1.25 bits per heavy atom. The second kappa shape index (κ2) is 6.82. The summed E-state index contributed by atoms with van der Waals surface area (Å²) in [7, 11) is 0. The molecule has 1 aromatic heterocycles. The predicted molar refractivity (Wildman–Crippen MR) is 80.5 cm³/mol. The molecule has 3 N–H and O–H groups in total. The van der Waals surface area contributed by atoms with E-state index in [4.69, 9.17) is 5.73 Å². The van der Waals surface area contributed by atoms with Gasteiger partial charge in [0.05, 0.1) is 5.69 Å². The van der Waals surface area contributed by atoms with Crippen LogP contribution in [0.2, 0.25) is 0 Å². The number of carbonyl (C=O) groups is 1. The van der Waals surface area contributed by atoms with Crippen LogP contribution in [-0.2, 0) is 13.0 Å². The number of nitrogens with two attached hydrogens (primary N) is 1. The number of aromatic nitrogens is 1. The Morgan fingerprint density at radius 3 is 2.65 bits per heavy atom. The quantitative estimate of drug-likeness (QED) is 0.877. The highest BCUT2D eigenvalue weighted by atomic mass is 16.1. The van der Waals surface area contributed by atoms with Gasteiger partial charge in [0.25, 0.3) is 5.91 Å². The molecule has 1 aromatic carbocycles. The zero-order chi connectivity index (χ0) is 14.4. The molecule has 104 valence electrons. The number of pyridine rings is 1. The maximum absolute atomic E-state index is 12.1. The number of carbonyl (C=O) groups excluding carboxylic acids is 1. The van der Waals surface area contributed by atoms with Gasteiger partial charge in [0, 0.05) is 24.0 Å². The molecule has 0 saturated carbocycles. The lowest BCUT2D eigenvalue weighted by atomic mass is 10.1. The lowest BCUT2D eigenvalue weighted by molar-refractivity contribution is 0.102. The van der Waals surface area contributed by atoms with Crippen molar-refractivity contribution in [3.63, 3.8) is 0 Å². The molecular formula is C16H19N3O. The summed E-state index contributed by atoms with van der Waals surface area (Å²) >= 11 is 0. The van der Waals surface area contributed by atoms with Crippen molar-refractivity contribution in [2.24, 2.45) is 5.73 Å². The van der Waals surface area contributed by atoms with Gasteiger partial charge in [-0.1, -0.05) is 25.5 Å². The summed E-state index contributed by atoms with van der Waals surface area (Å²) in [6.45, 7) is 2.47. The molecule has 0 spiro atoms. The fourth-order valence-electron chi connectivity index (χ4n) is 1.98. The first-order valence-electron chi connectivity index (χ1n) is 6.78. The summed E-state index contributed by atoms with van der Waals surface area (Å²) in [6.07, 6.45) is 3.77. The van der Waals surface area contributed by atoms with Crippen molar-refractivity contribution < 1.29 is 4.79 Å². The maximum Gasteiger partial charge on any atom is 0.255 e. The van der Waals surface area contributed by atoms with Gasteiger partial charge in [0.2, 0.25) is 0 Å². The molecule has 0 bridgehead atoms. The van der Waals surface area contributed by atoms with E-state index in [1.807, 2.05) is 24.3 Å². The second-order valence-electron chi connectivity index (χ2n) is 4.64. The lowest BCUT2D eigenvalue weighted by Gasteiger charge is -2.07. The molecule has 4 heteroatoms. The summed E-state index contributed by atoms with van der Waals surface area (Å²) in [5.41, 5.74) is 8.86. The average Bonchev–Trinajstić information content (AvgIpc) is 2.49. The zero-order valence-corrected chi connectivity index (χ0v) is 11.6. The Morgan fingerprint density at radius 2 is 2.00 bits per heavy atom. The highest BCUT2D eigenvalue weighted by Crippen LogP contribution is 2.12. The monoisotopic (exact) mass is 269 g/mol. The van der Waals surface area contributed by atoms with Gasteiger partial charge in [0.15, 0.2) is 0 Å². The first kappa shape index (κ1) is 14.2. The van der Waals surface area contributed by atoms with E-state index in [0.717, 1.165) is 18.5 Å². The summed E-state index contributed by atoms with van der Waals surface area (Å²) in [4.78, 5) is 16.2. The lowest BCUT2D eigenvalue weighted by Crippen LogP contribution is -2.13. The minimum atomic E-state index is -0.148. The Hall–Kier alpha value is -2.20. The summed E-state index contributed by atoms with van der Waals surface area (Å²) in [5.74, 6) is -0.148. The van der Waals surface area contributed by atoms with Crippen molar-refractivity contribution in [1.82, 2.24) is 4.98 Å². The number of nitrogens with zero attached hydrogens (tertiary/aromatic N) is 1. The molecular weight excluding hydrogens is 250 g/mol. The van der Waals surface area contributed by atoms with E-state index in [2.05, 4.69) is 17.2 Å². The fourth-order valence-corrected chi connectivity index (χ4v) is 1.98. The standard InChI is InChI=1S/C16H19N3O/c1-2-3-12-4-6-14(7-5-12)19-16(20)13-8-9-18-15(10-13)11-17/h4-10H,2-3,11,17H2,1H3,(H,19,20). The van der Waals surface area contributed by atoms with Crippen LogP contribution in [0.5, 0.6) is 0 Å². The Labute approximate surface area is 119 Å². The Balaban J connectivity index is 2.06. The number of amides is 1. The zero-order valence-electron chi connectivity index (χ0n) is 11.6. The Kier molecular flexibility index (Phi) is 4.85. The molecule has 2 rings (SSSR count). The number of benzene rings is 1. The molecule has 0 aliphatic heterocycles. The number of anilines is 1. The van der Waals surface area contributed by atoms with E-state index in [1.165, 1.54) is 5.56 Å². The van der Waals surface area contributed by atoms with E-state index < -0.39 is 0 Å². The molecule has 0 atom stereocenters. The third-order valence-electron chi connectivity index (χ3n) is 3.04. The van der Waals surface area contributed by atoms with Crippen molar-refractivity contribution >= 4 is 11.6 Å². The van der Waals surface area contributed by atoms with Crippen molar-refractivity contribution in [2.75, 3.05) is 5.32 Å². The van der Waals surface area contributed by atoms with Gasteiger partial charge in [-0.25, -0.2) is 0 Å². The number of nitrogens with one attached hydrogen (secondary N) is 1. The predicted octanol–water partition coefficient (Wildman–Crippen LogP) is 2.75. The summed E-state index contributed by atoms with van der Waals surface area (Å²) in [5, 5.41) is 2.87. The van der Waals surface area contributed by atoms with Crippen LogP contribution in [0, 0.1) is 0 Å². The van der Waals surface area contributed by atoms with Gasteiger partial charge in [-0.3, -0.25) is 9.78 Å². The highest BCUT2D eigenvalue weighted by Gasteiger charge is 2.07. The molecule has 1 amide bonds. The van der Waals surface area contributed by atoms with Crippen molar-refractivity contribution in [1.29, 1.82) is 0 Å². The van der Waals surface area contributed by atoms with Gasteiger partial charge >= 0.3 is 0 Å². The fraction of sp³-hybridized carbons (Fsp3) is 0.250. The van der Waals surface area contributed by atoms with Crippen molar-refractivity contribution in [2.45, 2.75) is 26.3 Å². The Bertz CT molecular complexity index is 579. The molecule has 0 radical (unpaired) electrons. The second-order valence-corrected chi connectivity index (χ2v) is 4.64. The molecule has 4 nitrogen and oxygen atoms in total. The normalized spacial score (nSPS) is 10.3. The van der Waals surface area contributed by atoms with Gasteiger partial charge in [0.1, 0.15) is 0 Å². The highest BCUT2D eigenvalue weighted by molar-refractivity contribution is 6.04. The summed E-state index contributed by atoms with van der Waals surface area (Å²) in [6, 6.07) is 11.3. The molecule has 0 aliphatic carbocycles. The molecule has 2 aromatic rings. The van der Waals surface area contributed by atoms with Crippen LogP contribution < -0.4 is 11.1 Å². The minimum Gasteiger partial charge on any atom is -0.325 e. The van der Waals surface area contributed by atoms with Crippen molar-refractivity contribution in [3.8, 4) is 0 Å². The van der Waals surface area contributed by atoms with Gasteiger partial charge in [-0.2, -0.15) is 0 Å². The maximum atomic E-state index is 12.1. The van der Waals surface area contributed by atoms with Crippen LogP contribution in [0.1, 0.15) is 35.0 Å². The first-order chi connectivity index (χ1) is 9.72.